The zero-order chi connectivity index (χ0) is 19.3. The quantitative estimate of drug-likeness (QED) is 0.523. The van der Waals surface area contributed by atoms with Gasteiger partial charge in [0.05, 0.1) is 23.3 Å². The molecule has 0 amide bonds. The number of rotatable bonds is 4. The van der Waals surface area contributed by atoms with Crippen LogP contribution in [0.2, 0.25) is 0 Å². The molecular weight excluding hydrogens is 372 g/mol. The van der Waals surface area contributed by atoms with Gasteiger partial charge in [-0.2, -0.15) is 0 Å². The molecule has 1 aromatic carbocycles. The minimum atomic E-state index is -0.110. The summed E-state index contributed by atoms with van der Waals surface area (Å²) in [7, 11) is 1.89. The highest BCUT2D eigenvalue weighted by Crippen LogP contribution is 2.38. The van der Waals surface area contributed by atoms with Crippen LogP contribution < -0.4 is 10.4 Å². The molecule has 1 fully saturated rings. The largest absolute Gasteiger partial charge is 0.463 e. The molecule has 0 aliphatic heterocycles. The summed E-state index contributed by atoms with van der Waals surface area (Å²) in [5.41, 5.74) is 3.06. The van der Waals surface area contributed by atoms with Crippen molar-refractivity contribution in [3.8, 4) is 17.1 Å². The Morgan fingerprint density at radius 2 is 1.93 bits per heavy atom. The maximum Gasteiger partial charge on any atom is 0.297 e. The summed E-state index contributed by atoms with van der Waals surface area (Å²) in [6.07, 6.45) is 3.93. The number of hydrogen-bond acceptors (Lipinski definition) is 4. The van der Waals surface area contributed by atoms with Crippen LogP contribution >= 0.6 is 11.3 Å². The number of para-hydroxylation sites is 1. The van der Waals surface area contributed by atoms with Crippen LogP contribution in [0.3, 0.4) is 0 Å². The Balaban J connectivity index is 1.70. The lowest BCUT2D eigenvalue weighted by Crippen LogP contribution is -2.20. The Morgan fingerprint density at radius 1 is 1.14 bits per heavy atom. The van der Waals surface area contributed by atoms with Gasteiger partial charge in [0.2, 0.25) is 0 Å². The molecule has 7 heteroatoms. The highest BCUT2D eigenvalue weighted by Gasteiger charge is 2.28. The molecule has 5 rings (SSSR count). The second-order valence-electron chi connectivity index (χ2n) is 7.00. The molecule has 142 valence electrons. The van der Waals surface area contributed by atoms with Crippen LogP contribution in [0.25, 0.3) is 17.1 Å². The van der Waals surface area contributed by atoms with E-state index in [0.29, 0.717) is 11.7 Å². The molecule has 28 heavy (non-hydrogen) atoms. The molecule has 1 aliphatic carbocycles. The third-order valence-corrected chi connectivity index (χ3v) is 6.00. The van der Waals surface area contributed by atoms with Crippen molar-refractivity contribution in [1.29, 1.82) is 0 Å². The van der Waals surface area contributed by atoms with E-state index < -0.39 is 0 Å². The summed E-state index contributed by atoms with van der Waals surface area (Å²) < 4.78 is 11.3. The maximum absolute atomic E-state index is 13.2. The van der Waals surface area contributed by atoms with Gasteiger partial charge in [0.1, 0.15) is 0 Å². The summed E-state index contributed by atoms with van der Waals surface area (Å²) in [5.74, 6) is 0.830. The van der Waals surface area contributed by atoms with E-state index in [9.17, 15) is 4.79 Å². The Kier molecular flexibility index (Phi) is 3.98. The van der Waals surface area contributed by atoms with Crippen molar-refractivity contribution in [2.45, 2.75) is 25.8 Å². The minimum absolute atomic E-state index is 0.110. The first-order chi connectivity index (χ1) is 13.6. The lowest BCUT2D eigenvalue weighted by Gasteiger charge is -2.07. The van der Waals surface area contributed by atoms with Gasteiger partial charge in [-0.1, -0.05) is 18.2 Å². The van der Waals surface area contributed by atoms with Gasteiger partial charge in [0.25, 0.3) is 5.56 Å². The summed E-state index contributed by atoms with van der Waals surface area (Å²) >= 11 is 1.54. The normalized spacial score (nSPS) is 14.7. The topological polar surface area (TPSA) is 57.4 Å². The monoisotopic (exact) mass is 392 g/mol. The van der Waals surface area contributed by atoms with E-state index in [1.165, 1.54) is 0 Å². The van der Waals surface area contributed by atoms with Crippen molar-refractivity contribution in [3.05, 3.63) is 75.0 Å². The smallest absolute Gasteiger partial charge is 0.297 e. The van der Waals surface area contributed by atoms with Gasteiger partial charge in [0, 0.05) is 18.5 Å². The first-order valence-electron chi connectivity index (χ1n) is 9.28. The first-order valence-corrected chi connectivity index (χ1v) is 10.2. The predicted octanol–water partition coefficient (Wildman–Crippen LogP) is 4.17. The Hall–Kier alpha value is -3.06. The van der Waals surface area contributed by atoms with Gasteiger partial charge in [-0.3, -0.25) is 9.48 Å². The van der Waals surface area contributed by atoms with Gasteiger partial charge < -0.3 is 8.98 Å². The molecule has 1 saturated carbocycles. The molecule has 3 heterocycles. The van der Waals surface area contributed by atoms with E-state index in [4.69, 9.17) is 9.41 Å². The van der Waals surface area contributed by atoms with Gasteiger partial charge in [-0.05, 0) is 44.0 Å². The highest BCUT2D eigenvalue weighted by atomic mass is 32.1. The molecule has 0 radical (unpaired) electrons. The lowest BCUT2D eigenvalue weighted by atomic mass is 10.3. The van der Waals surface area contributed by atoms with Crippen molar-refractivity contribution in [3.63, 3.8) is 0 Å². The molecule has 0 saturated heterocycles. The van der Waals surface area contributed by atoms with Crippen LogP contribution in [0.4, 0.5) is 5.69 Å². The second kappa shape index (κ2) is 6.53. The molecule has 3 aromatic heterocycles. The van der Waals surface area contributed by atoms with E-state index in [0.717, 1.165) is 40.5 Å². The lowest BCUT2D eigenvalue weighted by molar-refractivity contribution is 0.570. The Morgan fingerprint density at radius 3 is 2.61 bits per heavy atom. The van der Waals surface area contributed by atoms with Gasteiger partial charge in [-0.25, -0.2) is 9.67 Å². The molecule has 6 nitrogen and oxygen atoms in total. The zero-order valence-electron chi connectivity index (χ0n) is 15.7. The van der Waals surface area contributed by atoms with Gasteiger partial charge in [-0.15, -0.1) is 11.3 Å². The average Bonchev–Trinajstić information content (AvgIpc) is 3.15. The Bertz CT molecular complexity index is 1250. The minimum Gasteiger partial charge on any atom is -0.463 e. The average molecular weight is 392 g/mol. The molecular formula is C21H20N4O2S. The summed E-state index contributed by atoms with van der Waals surface area (Å²) in [6.45, 7) is 1.93. The third-order valence-electron chi connectivity index (χ3n) is 5.16. The van der Waals surface area contributed by atoms with Gasteiger partial charge >= 0.3 is 0 Å². The molecule has 0 N–H and O–H groups in total. The first kappa shape index (κ1) is 17.1. The van der Waals surface area contributed by atoms with Crippen LogP contribution in [0.15, 0.2) is 68.3 Å². The number of thiazole rings is 1. The summed E-state index contributed by atoms with van der Waals surface area (Å²) in [6, 6.07) is 13.9. The zero-order valence-corrected chi connectivity index (χ0v) is 16.5. The van der Waals surface area contributed by atoms with Crippen molar-refractivity contribution in [2.75, 3.05) is 0 Å². The standard InChI is InChI=1S/C21H20N4O2S/c1-14-19(20(26)25(23(14)2)16-7-4-3-5-8-16)22-21-24(15-10-11-15)17(13-28-21)18-9-6-12-27-18/h3-9,12-13,15H,10-11H2,1-2H3. The van der Waals surface area contributed by atoms with E-state index in [1.807, 2.05) is 61.1 Å². The summed E-state index contributed by atoms with van der Waals surface area (Å²) in [4.78, 5) is 18.8. The van der Waals surface area contributed by atoms with E-state index in [-0.39, 0.29) is 5.56 Å². The van der Waals surface area contributed by atoms with Crippen LogP contribution in [-0.2, 0) is 7.05 Å². The van der Waals surface area contributed by atoms with Crippen molar-refractivity contribution in [2.24, 2.45) is 12.0 Å². The molecule has 0 bridgehead atoms. The maximum atomic E-state index is 13.2. The number of benzene rings is 1. The van der Waals surface area contributed by atoms with Crippen molar-refractivity contribution in [1.82, 2.24) is 13.9 Å². The van der Waals surface area contributed by atoms with Crippen molar-refractivity contribution < 1.29 is 4.42 Å². The van der Waals surface area contributed by atoms with Crippen LogP contribution in [0.1, 0.15) is 24.6 Å². The van der Waals surface area contributed by atoms with Crippen LogP contribution in [-0.4, -0.2) is 13.9 Å². The number of nitrogens with zero attached hydrogens (tertiary/aromatic N) is 4. The summed E-state index contributed by atoms with van der Waals surface area (Å²) in [5, 5.41) is 2.06. The predicted molar refractivity (Wildman–Crippen MR) is 109 cm³/mol. The Labute approximate surface area is 165 Å². The van der Waals surface area contributed by atoms with Crippen molar-refractivity contribution >= 4 is 17.0 Å². The molecule has 0 unspecified atom stereocenters. The molecule has 1 aliphatic rings. The SMILES string of the molecule is Cc1c(N=c2scc(-c3ccco3)n2C2CC2)c(=O)n(-c2ccccc2)n1C. The number of aromatic nitrogens is 3. The second-order valence-corrected chi connectivity index (χ2v) is 7.84. The van der Waals surface area contributed by atoms with Crippen LogP contribution in [0, 0.1) is 6.92 Å². The van der Waals surface area contributed by atoms with Gasteiger partial charge in [0.15, 0.2) is 16.2 Å². The number of hydrogen-bond donors (Lipinski definition) is 0. The fourth-order valence-electron chi connectivity index (χ4n) is 3.47. The molecule has 0 spiro atoms. The van der Waals surface area contributed by atoms with E-state index in [1.54, 1.807) is 22.3 Å². The van der Waals surface area contributed by atoms with Crippen LogP contribution in [0.5, 0.6) is 0 Å². The fourth-order valence-corrected chi connectivity index (χ4v) is 4.42. The third kappa shape index (κ3) is 2.70. The molecule has 4 aromatic rings. The van der Waals surface area contributed by atoms with E-state index >= 15 is 0 Å². The number of furan rings is 1. The fraction of sp³-hybridized carbons (Fsp3) is 0.238. The highest BCUT2D eigenvalue weighted by molar-refractivity contribution is 7.07. The van der Waals surface area contributed by atoms with E-state index in [2.05, 4.69) is 9.95 Å². The molecule has 0 atom stereocenters.